The summed E-state index contributed by atoms with van der Waals surface area (Å²) in [4.78, 5) is 15.3. The van der Waals surface area contributed by atoms with E-state index < -0.39 is 10.0 Å². The number of anilines is 2. The van der Waals surface area contributed by atoms with E-state index in [1.54, 1.807) is 17.9 Å². The number of carbonyl (C=O) groups excluding carboxylic acids is 1. The van der Waals surface area contributed by atoms with E-state index in [-0.39, 0.29) is 10.8 Å². The van der Waals surface area contributed by atoms with Gasteiger partial charge in [0.15, 0.2) is 0 Å². The lowest BCUT2D eigenvalue weighted by molar-refractivity contribution is -0.128. The molecular formula is C13H20N4O3S. The average molecular weight is 312 g/mol. The van der Waals surface area contributed by atoms with Crippen molar-refractivity contribution in [1.82, 2.24) is 4.90 Å². The Balaban J connectivity index is 2.21. The molecule has 1 aromatic carbocycles. The molecule has 2 rings (SSSR count). The molecule has 21 heavy (non-hydrogen) atoms. The standard InChI is InChI=1S/C13H20N4O3S/c1-10(18)16-5-2-6-17(8-7-16)13-4-3-11(9-12(13)14)21(15,19)20/h3-4,9H,2,5-8,14H2,1H3,(H2,15,19,20). The molecule has 8 heteroatoms. The van der Waals surface area contributed by atoms with E-state index in [1.165, 1.54) is 12.1 Å². The fourth-order valence-electron chi connectivity index (χ4n) is 2.47. The predicted molar refractivity (Wildman–Crippen MR) is 81.3 cm³/mol. The molecule has 0 bridgehead atoms. The molecule has 1 saturated heterocycles. The highest BCUT2D eigenvalue weighted by molar-refractivity contribution is 7.89. The van der Waals surface area contributed by atoms with Crippen LogP contribution in [0.5, 0.6) is 0 Å². The molecule has 7 nitrogen and oxygen atoms in total. The summed E-state index contributed by atoms with van der Waals surface area (Å²) in [6, 6.07) is 4.49. The molecule has 0 atom stereocenters. The van der Waals surface area contributed by atoms with Gasteiger partial charge in [0.05, 0.1) is 16.3 Å². The van der Waals surface area contributed by atoms with Gasteiger partial charge in [-0.25, -0.2) is 13.6 Å². The highest BCUT2D eigenvalue weighted by Gasteiger charge is 2.19. The zero-order chi connectivity index (χ0) is 15.6. The molecule has 1 amide bonds. The van der Waals surface area contributed by atoms with E-state index in [2.05, 4.69) is 4.90 Å². The third-order valence-corrected chi connectivity index (χ3v) is 4.52. The summed E-state index contributed by atoms with van der Waals surface area (Å²) in [5.41, 5.74) is 7.10. The summed E-state index contributed by atoms with van der Waals surface area (Å²) < 4.78 is 22.6. The van der Waals surface area contributed by atoms with Crippen molar-refractivity contribution in [1.29, 1.82) is 0 Å². The molecule has 0 unspecified atom stereocenters. The smallest absolute Gasteiger partial charge is 0.238 e. The molecule has 1 heterocycles. The minimum Gasteiger partial charge on any atom is -0.397 e. The molecule has 1 fully saturated rings. The molecule has 0 spiro atoms. The SMILES string of the molecule is CC(=O)N1CCCN(c2ccc(S(N)(=O)=O)cc2N)CC1. The Labute approximate surface area is 124 Å². The first kappa shape index (κ1) is 15.6. The summed E-state index contributed by atoms with van der Waals surface area (Å²) in [5.74, 6) is 0.0643. The summed E-state index contributed by atoms with van der Waals surface area (Å²) in [7, 11) is -3.75. The van der Waals surface area contributed by atoms with Gasteiger partial charge in [-0.2, -0.15) is 0 Å². The van der Waals surface area contributed by atoms with Gasteiger partial charge in [0.25, 0.3) is 0 Å². The number of rotatable bonds is 2. The van der Waals surface area contributed by atoms with Gasteiger partial charge in [-0.3, -0.25) is 4.79 Å². The first-order valence-electron chi connectivity index (χ1n) is 6.72. The highest BCUT2D eigenvalue weighted by Crippen LogP contribution is 2.26. The van der Waals surface area contributed by atoms with E-state index in [4.69, 9.17) is 10.9 Å². The van der Waals surface area contributed by atoms with Gasteiger partial charge in [-0.05, 0) is 24.6 Å². The predicted octanol–water partition coefficient (Wildman–Crippen LogP) is -0.0252. The van der Waals surface area contributed by atoms with Crippen molar-refractivity contribution in [3.63, 3.8) is 0 Å². The first-order valence-corrected chi connectivity index (χ1v) is 8.26. The number of hydrogen-bond acceptors (Lipinski definition) is 5. The fourth-order valence-corrected chi connectivity index (χ4v) is 3.02. The number of nitrogens with zero attached hydrogens (tertiary/aromatic N) is 2. The van der Waals surface area contributed by atoms with Crippen molar-refractivity contribution in [2.75, 3.05) is 36.8 Å². The molecule has 4 N–H and O–H groups in total. The van der Waals surface area contributed by atoms with Gasteiger partial charge in [-0.15, -0.1) is 0 Å². The van der Waals surface area contributed by atoms with Crippen LogP contribution in [0.1, 0.15) is 13.3 Å². The summed E-state index contributed by atoms with van der Waals surface area (Å²) in [5, 5.41) is 5.09. The van der Waals surface area contributed by atoms with Crippen LogP contribution in [0.15, 0.2) is 23.1 Å². The number of sulfonamides is 1. The average Bonchev–Trinajstić information content (AvgIpc) is 2.63. The van der Waals surface area contributed by atoms with Crippen molar-refractivity contribution >= 4 is 27.3 Å². The van der Waals surface area contributed by atoms with Gasteiger partial charge >= 0.3 is 0 Å². The summed E-state index contributed by atoms with van der Waals surface area (Å²) in [6.45, 7) is 4.35. The van der Waals surface area contributed by atoms with Gasteiger partial charge < -0.3 is 15.5 Å². The zero-order valence-electron chi connectivity index (χ0n) is 11.9. The van der Waals surface area contributed by atoms with Gasteiger partial charge in [0.2, 0.25) is 15.9 Å². The number of benzene rings is 1. The first-order chi connectivity index (χ1) is 9.79. The number of carbonyl (C=O) groups is 1. The van der Waals surface area contributed by atoms with Crippen molar-refractivity contribution in [3.05, 3.63) is 18.2 Å². The Hall–Kier alpha value is -1.80. The Bertz CT molecular complexity index is 645. The lowest BCUT2D eigenvalue weighted by Crippen LogP contribution is -2.33. The Kier molecular flexibility index (Phi) is 4.38. The second-order valence-electron chi connectivity index (χ2n) is 5.11. The van der Waals surface area contributed by atoms with Crippen molar-refractivity contribution in [2.45, 2.75) is 18.2 Å². The van der Waals surface area contributed by atoms with Crippen LogP contribution in [0.2, 0.25) is 0 Å². The van der Waals surface area contributed by atoms with Crippen LogP contribution in [0.3, 0.4) is 0 Å². The van der Waals surface area contributed by atoms with Crippen LogP contribution < -0.4 is 15.8 Å². The number of nitrogens with two attached hydrogens (primary N) is 2. The molecule has 0 aliphatic carbocycles. The Morgan fingerprint density at radius 1 is 1.19 bits per heavy atom. The van der Waals surface area contributed by atoms with Crippen LogP contribution in [-0.4, -0.2) is 45.4 Å². The van der Waals surface area contributed by atoms with Gasteiger partial charge in [-0.1, -0.05) is 0 Å². The minimum atomic E-state index is -3.75. The van der Waals surface area contributed by atoms with E-state index in [0.717, 1.165) is 25.2 Å². The Morgan fingerprint density at radius 3 is 2.48 bits per heavy atom. The third kappa shape index (κ3) is 3.64. The molecule has 0 saturated carbocycles. The van der Waals surface area contributed by atoms with E-state index in [0.29, 0.717) is 18.8 Å². The van der Waals surface area contributed by atoms with Crippen molar-refractivity contribution in [2.24, 2.45) is 5.14 Å². The largest absolute Gasteiger partial charge is 0.397 e. The zero-order valence-corrected chi connectivity index (χ0v) is 12.8. The maximum Gasteiger partial charge on any atom is 0.238 e. The minimum absolute atomic E-state index is 0.00364. The molecule has 0 radical (unpaired) electrons. The normalized spacial score (nSPS) is 16.7. The second kappa shape index (κ2) is 5.90. The van der Waals surface area contributed by atoms with Crippen molar-refractivity contribution in [3.8, 4) is 0 Å². The van der Waals surface area contributed by atoms with Gasteiger partial charge in [0, 0.05) is 33.1 Å². The maximum absolute atomic E-state index is 11.4. The van der Waals surface area contributed by atoms with Crippen LogP contribution in [0.25, 0.3) is 0 Å². The van der Waals surface area contributed by atoms with Crippen molar-refractivity contribution < 1.29 is 13.2 Å². The van der Waals surface area contributed by atoms with Crippen LogP contribution in [-0.2, 0) is 14.8 Å². The topological polar surface area (TPSA) is 110 Å². The molecule has 1 aromatic rings. The molecule has 0 aromatic heterocycles. The van der Waals surface area contributed by atoms with E-state index >= 15 is 0 Å². The number of hydrogen-bond donors (Lipinski definition) is 2. The molecule has 1 aliphatic rings. The Morgan fingerprint density at radius 2 is 1.90 bits per heavy atom. The molecule has 1 aliphatic heterocycles. The number of nitrogen functional groups attached to an aromatic ring is 1. The quantitative estimate of drug-likeness (QED) is 0.746. The molecular weight excluding hydrogens is 292 g/mol. The summed E-state index contributed by atoms with van der Waals surface area (Å²) in [6.07, 6.45) is 0.843. The lowest BCUT2D eigenvalue weighted by Gasteiger charge is -2.25. The summed E-state index contributed by atoms with van der Waals surface area (Å²) >= 11 is 0. The van der Waals surface area contributed by atoms with E-state index in [1.807, 2.05) is 0 Å². The second-order valence-corrected chi connectivity index (χ2v) is 6.67. The van der Waals surface area contributed by atoms with Crippen LogP contribution in [0, 0.1) is 0 Å². The fraction of sp³-hybridized carbons (Fsp3) is 0.462. The maximum atomic E-state index is 11.4. The third-order valence-electron chi connectivity index (χ3n) is 3.61. The number of primary sulfonamides is 1. The molecule has 116 valence electrons. The van der Waals surface area contributed by atoms with Crippen LogP contribution in [0.4, 0.5) is 11.4 Å². The lowest BCUT2D eigenvalue weighted by atomic mass is 10.2. The number of amides is 1. The highest BCUT2D eigenvalue weighted by atomic mass is 32.2. The monoisotopic (exact) mass is 312 g/mol. The van der Waals surface area contributed by atoms with Gasteiger partial charge in [0.1, 0.15) is 0 Å². The van der Waals surface area contributed by atoms with E-state index in [9.17, 15) is 13.2 Å². The van der Waals surface area contributed by atoms with Crippen LogP contribution >= 0.6 is 0 Å².